The van der Waals surface area contributed by atoms with E-state index in [1.807, 2.05) is 30.3 Å². The van der Waals surface area contributed by atoms with Gasteiger partial charge in [0.05, 0.1) is 17.2 Å². The predicted octanol–water partition coefficient (Wildman–Crippen LogP) is 6.63. The summed E-state index contributed by atoms with van der Waals surface area (Å²) in [6, 6.07) is 16.6. The molecule has 1 saturated heterocycles. The van der Waals surface area contributed by atoms with E-state index in [-0.39, 0.29) is 11.9 Å². The predicted molar refractivity (Wildman–Crippen MR) is 144 cm³/mol. The van der Waals surface area contributed by atoms with Crippen LogP contribution in [-0.2, 0) is 0 Å². The fourth-order valence-corrected chi connectivity index (χ4v) is 6.38. The van der Waals surface area contributed by atoms with Gasteiger partial charge in [0.25, 0.3) is 0 Å². The van der Waals surface area contributed by atoms with E-state index in [1.54, 1.807) is 24.5 Å². The van der Waals surface area contributed by atoms with Crippen LogP contribution in [0.3, 0.4) is 0 Å². The summed E-state index contributed by atoms with van der Waals surface area (Å²) in [5.41, 5.74) is 1.96. The number of aromatic hydroxyl groups is 1. The van der Waals surface area contributed by atoms with Crippen LogP contribution in [0.1, 0.15) is 16.5 Å². The minimum Gasteiger partial charge on any atom is -0.492 e. The molecule has 1 atom stereocenters. The highest BCUT2D eigenvalue weighted by atomic mass is 35.5. The summed E-state index contributed by atoms with van der Waals surface area (Å²) >= 11 is 20.5. The Bertz CT molecular complexity index is 1530. The molecule has 1 aliphatic rings. The average Bonchev–Trinajstić information content (AvgIpc) is 3.60. The molecule has 0 bridgehead atoms. The van der Waals surface area contributed by atoms with Gasteiger partial charge in [0.2, 0.25) is 16.7 Å². The van der Waals surface area contributed by atoms with Gasteiger partial charge >= 0.3 is 0 Å². The van der Waals surface area contributed by atoms with Crippen molar-refractivity contribution in [3.63, 3.8) is 0 Å². The van der Waals surface area contributed by atoms with E-state index in [9.17, 15) is 5.11 Å². The Morgan fingerprint density at radius 1 is 0.944 bits per heavy atom. The molecule has 0 aliphatic carbocycles. The Kier molecular flexibility index (Phi) is 6.31. The number of rotatable bonds is 5. The third-order valence-electron chi connectivity index (χ3n) is 6.30. The Labute approximate surface area is 226 Å². The zero-order valence-electron chi connectivity index (χ0n) is 18.8. The van der Waals surface area contributed by atoms with Gasteiger partial charge in [0.1, 0.15) is 0 Å². The van der Waals surface area contributed by atoms with Gasteiger partial charge in [-0.05, 0) is 48.0 Å². The third-order valence-corrected chi connectivity index (χ3v) is 8.17. The van der Waals surface area contributed by atoms with Crippen LogP contribution in [0, 0.1) is 0 Å². The fourth-order valence-electron chi connectivity index (χ4n) is 4.58. The third kappa shape index (κ3) is 4.33. The molecule has 184 valence electrons. The SMILES string of the molecule is Oc1c([C@@H](c2ccc(Cl)cc2Cl)N2CCN(c3cccc(Cl)c3)CC2)sc2nc(-c3ccco3)nn12. The number of thiazole rings is 1. The fraction of sp³-hybridized carbons (Fsp3) is 0.200. The van der Waals surface area contributed by atoms with Crippen molar-refractivity contribution in [3.05, 3.63) is 86.4 Å². The molecule has 0 amide bonds. The molecule has 1 aliphatic heterocycles. The van der Waals surface area contributed by atoms with E-state index >= 15 is 0 Å². The zero-order valence-corrected chi connectivity index (χ0v) is 21.9. The van der Waals surface area contributed by atoms with Crippen molar-refractivity contribution >= 4 is 56.8 Å². The molecular formula is C25H20Cl3N5O2S. The highest BCUT2D eigenvalue weighted by Crippen LogP contribution is 2.43. The molecule has 3 aromatic heterocycles. The summed E-state index contributed by atoms with van der Waals surface area (Å²) in [6.07, 6.45) is 1.57. The number of benzene rings is 2. The summed E-state index contributed by atoms with van der Waals surface area (Å²) in [5.74, 6) is 0.999. The molecule has 11 heteroatoms. The van der Waals surface area contributed by atoms with Gasteiger partial charge < -0.3 is 14.4 Å². The van der Waals surface area contributed by atoms with Crippen molar-refractivity contribution in [1.82, 2.24) is 19.5 Å². The van der Waals surface area contributed by atoms with Crippen LogP contribution in [0.15, 0.2) is 65.3 Å². The van der Waals surface area contributed by atoms with Crippen molar-refractivity contribution in [2.75, 3.05) is 31.1 Å². The lowest BCUT2D eigenvalue weighted by atomic mass is 10.0. The molecule has 2 aromatic carbocycles. The molecule has 1 fully saturated rings. The van der Waals surface area contributed by atoms with Crippen LogP contribution in [-0.4, -0.2) is 50.8 Å². The molecule has 6 rings (SSSR count). The average molecular weight is 561 g/mol. The largest absolute Gasteiger partial charge is 0.492 e. The molecule has 0 saturated carbocycles. The first-order valence-electron chi connectivity index (χ1n) is 11.3. The van der Waals surface area contributed by atoms with Crippen molar-refractivity contribution < 1.29 is 9.52 Å². The minimum absolute atomic E-state index is 0.0357. The lowest BCUT2D eigenvalue weighted by molar-refractivity contribution is 0.211. The van der Waals surface area contributed by atoms with E-state index in [4.69, 9.17) is 39.2 Å². The van der Waals surface area contributed by atoms with Crippen molar-refractivity contribution in [2.24, 2.45) is 0 Å². The summed E-state index contributed by atoms with van der Waals surface area (Å²) in [5, 5.41) is 17.6. The lowest BCUT2D eigenvalue weighted by Crippen LogP contribution is -2.47. The minimum atomic E-state index is -0.295. The Morgan fingerprint density at radius 3 is 2.44 bits per heavy atom. The molecule has 0 radical (unpaired) electrons. The van der Waals surface area contributed by atoms with Gasteiger partial charge in [-0.3, -0.25) is 4.90 Å². The molecule has 0 spiro atoms. The van der Waals surface area contributed by atoms with Crippen molar-refractivity contribution in [3.8, 4) is 17.5 Å². The number of fused-ring (bicyclic) bond motifs is 1. The van der Waals surface area contributed by atoms with E-state index in [2.05, 4.69) is 25.9 Å². The Hall–Kier alpha value is -2.75. The summed E-state index contributed by atoms with van der Waals surface area (Å²) in [6.45, 7) is 3.10. The van der Waals surface area contributed by atoms with Crippen LogP contribution in [0.4, 0.5) is 5.69 Å². The van der Waals surface area contributed by atoms with Crippen LogP contribution >= 0.6 is 46.1 Å². The lowest BCUT2D eigenvalue weighted by Gasteiger charge is -2.40. The number of hydrogen-bond donors (Lipinski definition) is 1. The highest BCUT2D eigenvalue weighted by molar-refractivity contribution is 7.17. The van der Waals surface area contributed by atoms with Crippen LogP contribution < -0.4 is 4.90 Å². The first-order chi connectivity index (χ1) is 17.5. The maximum absolute atomic E-state index is 11.3. The Balaban J connectivity index is 1.36. The number of halogens is 3. The van der Waals surface area contributed by atoms with Crippen molar-refractivity contribution in [2.45, 2.75) is 6.04 Å². The van der Waals surface area contributed by atoms with Crippen LogP contribution in [0.25, 0.3) is 16.5 Å². The first-order valence-corrected chi connectivity index (χ1v) is 13.2. The molecule has 1 N–H and O–H groups in total. The molecular weight excluding hydrogens is 541 g/mol. The molecule has 4 heterocycles. The zero-order chi connectivity index (χ0) is 24.8. The quantitative estimate of drug-likeness (QED) is 0.260. The van der Waals surface area contributed by atoms with Gasteiger partial charge in [0.15, 0.2) is 5.76 Å². The van der Waals surface area contributed by atoms with Crippen LogP contribution in [0.2, 0.25) is 15.1 Å². The second-order valence-corrected chi connectivity index (χ2v) is 10.8. The van der Waals surface area contributed by atoms with Gasteiger partial charge in [-0.15, -0.1) is 5.10 Å². The number of anilines is 1. The summed E-state index contributed by atoms with van der Waals surface area (Å²) < 4.78 is 6.87. The molecule has 36 heavy (non-hydrogen) atoms. The second kappa shape index (κ2) is 9.61. The van der Waals surface area contributed by atoms with E-state index in [0.29, 0.717) is 31.6 Å². The molecule has 5 aromatic rings. The normalized spacial score (nSPS) is 15.6. The second-order valence-electron chi connectivity index (χ2n) is 8.47. The highest BCUT2D eigenvalue weighted by Gasteiger charge is 2.33. The van der Waals surface area contributed by atoms with Gasteiger partial charge in [-0.25, -0.2) is 0 Å². The van der Waals surface area contributed by atoms with E-state index in [1.165, 1.54) is 15.9 Å². The number of furan rings is 1. The Morgan fingerprint density at radius 2 is 1.75 bits per heavy atom. The summed E-state index contributed by atoms with van der Waals surface area (Å²) in [4.78, 5) is 10.5. The van der Waals surface area contributed by atoms with Gasteiger partial charge in [-0.2, -0.15) is 9.50 Å². The first kappa shape index (κ1) is 23.6. The standard InChI is InChI=1S/C25H20Cl3N5O2S/c26-15-3-1-4-17(13-15)31-8-10-32(11-9-31)21(18-7-6-16(27)14-19(18)28)22-24(34)33-25(36-22)29-23(30-33)20-5-2-12-35-20/h1-7,12-14,21,34H,8-11H2/t21-/m1/s1. The summed E-state index contributed by atoms with van der Waals surface area (Å²) in [7, 11) is 0. The van der Waals surface area contributed by atoms with E-state index in [0.717, 1.165) is 42.3 Å². The van der Waals surface area contributed by atoms with Gasteiger partial charge in [-0.1, -0.05) is 58.3 Å². The van der Waals surface area contributed by atoms with Crippen LogP contribution in [0.5, 0.6) is 5.88 Å². The number of aromatic nitrogens is 3. The van der Waals surface area contributed by atoms with E-state index < -0.39 is 0 Å². The maximum atomic E-state index is 11.3. The maximum Gasteiger partial charge on any atom is 0.230 e. The molecule has 7 nitrogen and oxygen atoms in total. The van der Waals surface area contributed by atoms with Crippen molar-refractivity contribution in [1.29, 1.82) is 0 Å². The number of nitrogens with zero attached hydrogens (tertiary/aromatic N) is 5. The topological polar surface area (TPSA) is 70.0 Å². The monoisotopic (exact) mass is 559 g/mol. The number of piperazine rings is 1. The smallest absolute Gasteiger partial charge is 0.230 e. The molecule has 0 unspecified atom stereocenters. The number of hydrogen-bond acceptors (Lipinski definition) is 7. The van der Waals surface area contributed by atoms with Gasteiger partial charge in [0, 0.05) is 46.9 Å².